The second-order valence-corrected chi connectivity index (χ2v) is 10.3. The Morgan fingerprint density at radius 2 is 1.83 bits per heavy atom. The van der Waals surface area contributed by atoms with E-state index in [4.69, 9.17) is 9.47 Å². The van der Waals surface area contributed by atoms with E-state index in [1.54, 1.807) is 18.2 Å². The zero-order valence-electron chi connectivity index (χ0n) is 20.6. The molecule has 0 aliphatic carbocycles. The predicted molar refractivity (Wildman–Crippen MR) is 137 cm³/mol. The van der Waals surface area contributed by atoms with Crippen molar-refractivity contribution < 1.29 is 24.2 Å². The van der Waals surface area contributed by atoms with Gasteiger partial charge in [-0.2, -0.15) is 0 Å². The molecule has 2 unspecified atom stereocenters. The van der Waals surface area contributed by atoms with Crippen LogP contribution in [-0.4, -0.2) is 23.6 Å². The van der Waals surface area contributed by atoms with Crippen LogP contribution in [0.1, 0.15) is 65.4 Å². The van der Waals surface area contributed by atoms with Crippen molar-refractivity contribution in [1.29, 1.82) is 0 Å². The number of aliphatic hydroxyl groups is 1. The Morgan fingerprint density at radius 1 is 1.03 bits per heavy atom. The largest absolute Gasteiger partial charge is 0.493 e. The van der Waals surface area contributed by atoms with Crippen molar-refractivity contribution in [2.45, 2.75) is 51.2 Å². The lowest BCUT2D eigenvalue weighted by atomic mass is 9.74. The molecule has 0 saturated heterocycles. The molecule has 2 N–H and O–H groups in total. The van der Waals surface area contributed by atoms with E-state index in [0.717, 1.165) is 28.9 Å². The smallest absolute Gasteiger partial charge is 0.338 e. The standard InChI is InChI=1S/C30H31NO5/c1-30(2,25-10-6-9-20-13-14-35-27(20)25)17-21(16-26(32)19-7-4-3-5-8-19)28(33)31-23-11-12-24-22(15-23)18-36-29(24)34/h3-12,15,21,26,32H,13-14,16-18H2,1-2H3,(H,31,33). The van der Waals surface area contributed by atoms with Crippen molar-refractivity contribution in [3.05, 3.63) is 94.5 Å². The van der Waals surface area contributed by atoms with E-state index >= 15 is 0 Å². The summed E-state index contributed by atoms with van der Waals surface area (Å²) in [6, 6.07) is 20.8. The van der Waals surface area contributed by atoms with Gasteiger partial charge < -0.3 is 19.9 Å². The number of ether oxygens (including phenoxy) is 2. The monoisotopic (exact) mass is 485 g/mol. The molecule has 0 fully saturated rings. The van der Waals surface area contributed by atoms with E-state index in [2.05, 4.69) is 31.3 Å². The number of benzene rings is 3. The summed E-state index contributed by atoms with van der Waals surface area (Å²) in [6.07, 6.45) is 0.915. The van der Waals surface area contributed by atoms with Crippen LogP contribution in [0.4, 0.5) is 5.69 Å². The van der Waals surface area contributed by atoms with Gasteiger partial charge in [0.2, 0.25) is 5.91 Å². The van der Waals surface area contributed by atoms with E-state index in [1.165, 1.54) is 5.56 Å². The number of hydrogen-bond acceptors (Lipinski definition) is 5. The fourth-order valence-electron chi connectivity index (χ4n) is 5.29. The lowest BCUT2D eigenvalue weighted by molar-refractivity contribution is -0.121. The van der Waals surface area contributed by atoms with Gasteiger partial charge in [0.15, 0.2) is 0 Å². The van der Waals surface area contributed by atoms with Crippen LogP contribution in [0.25, 0.3) is 0 Å². The normalized spacial score (nSPS) is 15.9. The number of fused-ring (bicyclic) bond motifs is 2. The summed E-state index contributed by atoms with van der Waals surface area (Å²) < 4.78 is 11.1. The average Bonchev–Trinajstić information content (AvgIpc) is 3.50. The van der Waals surface area contributed by atoms with Crippen LogP contribution in [-0.2, 0) is 28.0 Å². The summed E-state index contributed by atoms with van der Waals surface area (Å²) in [4.78, 5) is 25.4. The molecule has 36 heavy (non-hydrogen) atoms. The molecule has 3 aromatic rings. The molecule has 2 atom stereocenters. The molecule has 2 aliphatic heterocycles. The first kappa shape index (κ1) is 24.1. The van der Waals surface area contributed by atoms with Crippen molar-refractivity contribution in [2.75, 3.05) is 11.9 Å². The minimum absolute atomic E-state index is 0.170. The first-order chi connectivity index (χ1) is 17.3. The van der Waals surface area contributed by atoms with Crippen molar-refractivity contribution in [3.63, 3.8) is 0 Å². The topological polar surface area (TPSA) is 84.9 Å². The molecular weight excluding hydrogens is 454 g/mol. The molecule has 2 aliphatic rings. The molecule has 2 heterocycles. The third-order valence-electron chi connectivity index (χ3n) is 7.21. The number of anilines is 1. The molecule has 0 spiro atoms. The summed E-state index contributed by atoms with van der Waals surface area (Å²) in [7, 11) is 0. The van der Waals surface area contributed by atoms with Crippen LogP contribution in [0.3, 0.4) is 0 Å². The fourth-order valence-corrected chi connectivity index (χ4v) is 5.29. The van der Waals surface area contributed by atoms with Gasteiger partial charge in [-0.3, -0.25) is 4.79 Å². The number of carbonyl (C=O) groups excluding carboxylic acids is 2. The zero-order chi connectivity index (χ0) is 25.3. The van der Waals surface area contributed by atoms with Crippen LogP contribution < -0.4 is 10.1 Å². The highest BCUT2D eigenvalue weighted by molar-refractivity contribution is 5.96. The van der Waals surface area contributed by atoms with Gasteiger partial charge in [0.05, 0.1) is 18.3 Å². The van der Waals surface area contributed by atoms with Gasteiger partial charge in [-0.15, -0.1) is 0 Å². The third-order valence-corrected chi connectivity index (χ3v) is 7.21. The second-order valence-electron chi connectivity index (χ2n) is 10.3. The van der Waals surface area contributed by atoms with E-state index in [-0.39, 0.29) is 30.3 Å². The summed E-state index contributed by atoms with van der Waals surface area (Å²) in [5.41, 5.74) is 4.59. The maximum absolute atomic E-state index is 13.6. The van der Waals surface area contributed by atoms with E-state index in [1.807, 2.05) is 36.4 Å². The van der Waals surface area contributed by atoms with Gasteiger partial charge in [0.25, 0.3) is 0 Å². The molecule has 6 nitrogen and oxygen atoms in total. The highest BCUT2D eigenvalue weighted by Gasteiger charge is 2.35. The van der Waals surface area contributed by atoms with E-state index in [0.29, 0.717) is 24.3 Å². The van der Waals surface area contributed by atoms with Crippen LogP contribution in [0, 0.1) is 5.92 Å². The first-order valence-electron chi connectivity index (χ1n) is 12.4. The molecule has 5 rings (SSSR count). The SMILES string of the molecule is CC(C)(CC(CC(O)c1ccccc1)C(=O)Nc1ccc2c(c1)COC2=O)c1cccc2c1OCC2. The van der Waals surface area contributed by atoms with Gasteiger partial charge >= 0.3 is 5.97 Å². The van der Waals surface area contributed by atoms with Crippen molar-refractivity contribution in [3.8, 4) is 5.75 Å². The third kappa shape index (κ3) is 4.86. The van der Waals surface area contributed by atoms with Crippen LogP contribution >= 0.6 is 0 Å². The number of para-hydroxylation sites is 1. The van der Waals surface area contributed by atoms with E-state index < -0.39 is 12.0 Å². The number of cyclic esters (lactones) is 1. The number of amides is 1. The molecule has 3 aromatic carbocycles. The van der Waals surface area contributed by atoms with E-state index in [9.17, 15) is 14.7 Å². The molecular formula is C30H31NO5. The van der Waals surface area contributed by atoms with Gasteiger partial charge in [-0.25, -0.2) is 4.79 Å². The number of nitrogens with one attached hydrogen (secondary N) is 1. The number of rotatable bonds is 8. The summed E-state index contributed by atoms with van der Waals surface area (Å²) in [6.45, 7) is 5.12. The van der Waals surface area contributed by atoms with Gasteiger partial charge in [-0.1, -0.05) is 62.4 Å². The van der Waals surface area contributed by atoms with Crippen molar-refractivity contribution in [2.24, 2.45) is 5.92 Å². The second kappa shape index (κ2) is 9.78. The number of aliphatic hydroxyl groups excluding tert-OH is 1. The quantitative estimate of drug-likeness (QED) is 0.421. The number of hydrogen-bond donors (Lipinski definition) is 2. The summed E-state index contributed by atoms with van der Waals surface area (Å²) >= 11 is 0. The van der Waals surface area contributed by atoms with Gasteiger partial charge in [0.1, 0.15) is 12.4 Å². The summed E-state index contributed by atoms with van der Waals surface area (Å²) in [5.74, 6) is -0.0602. The Morgan fingerprint density at radius 3 is 2.64 bits per heavy atom. The van der Waals surface area contributed by atoms with Crippen LogP contribution in [0.2, 0.25) is 0 Å². The Balaban J connectivity index is 1.40. The van der Waals surface area contributed by atoms with Gasteiger partial charge in [-0.05, 0) is 47.6 Å². The Kier molecular flexibility index (Phi) is 6.54. The van der Waals surface area contributed by atoms with Crippen LogP contribution in [0.15, 0.2) is 66.7 Å². The zero-order valence-corrected chi connectivity index (χ0v) is 20.6. The predicted octanol–water partition coefficient (Wildman–Crippen LogP) is 5.34. The minimum Gasteiger partial charge on any atom is -0.493 e. The van der Waals surface area contributed by atoms with Gasteiger partial charge in [0, 0.05) is 29.2 Å². The average molecular weight is 486 g/mol. The molecule has 1 amide bonds. The van der Waals surface area contributed by atoms with Crippen LogP contribution in [0.5, 0.6) is 5.75 Å². The summed E-state index contributed by atoms with van der Waals surface area (Å²) in [5, 5.41) is 14.0. The number of carbonyl (C=O) groups is 2. The molecule has 0 saturated carbocycles. The Hall–Kier alpha value is -3.64. The molecule has 0 bridgehead atoms. The molecule has 0 radical (unpaired) electrons. The van der Waals surface area contributed by atoms with Crippen molar-refractivity contribution in [1.82, 2.24) is 0 Å². The highest BCUT2D eigenvalue weighted by atomic mass is 16.5. The maximum Gasteiger partial charge on any atom is 0.338 e. The highest BCUT2D eigenvalue weighted by Crippen LogP contribution is 2.42. The maximum atomic E-state index is 13.6. The Labute approximate surface area is 211 Å². The fraction of sp³-hybridized carbons (Fsp3) is 0.333. The lowest BCUT2D eigenvalue weighted by Crippen LogP contribution is -2.31. The minimum atomic E-state index is -0.776. The Bertz CT molecular complexity index is 1280. The molecule has 6 heteroatoms. The van der Waals surface area contributed by atoms with Crippen molar-refractivity contribution >= 4 is 17.6 Å². The lowest BCUT2D eigenvalue weighted by Gasteiger charge is -2.32. The number of esters is 1. The first-order valence-corrected chi connectivity index (χ1v) is 12.4. The molecule has 0 aromatic heterocycles. The molecule has 186 valence electrons.